The van der Waals surface area contributed by atoms with E-state index in [1.807, 2.05) is 41.3 Å². The molecule has 0 spiro atoms. The molecule has 7 rings (SSSR count). The van der Waals surface area contributed by atoms with Gasteiger partial charge in [-0.25, -0.2) is 0 Å². The molecule has 0 unspecified atom stereocenters. The van der Waals surface area contributed by atoms with E-state index in [2.05, 4.69) is 35.0 Å². The number of amides is 3. The molecular weight excluding hydrogens is 614 g/mol. The lowest BCUT2D eigenvalue weighted by atomic mass is 10.1. The summed E-state index contributed by atoms with van der Waals surface area (Å²) in [7, 11) is 3.31. The zero-order chi connectivity index (χ0) is 32.7. The van der Waals surface area contributed by atoms with Crippen molar-refractivity contribution in [1.29, 1.82) is 0 Å². The molecule has 10 nitrogen and oxygen atoms in total. The maximum Gasteiger partial charge on any atom is 0.272 e. The van der Waals surface area contributed by atoms with Crippen molar-refractivity contribution >= 4 is 61.9 Å². The third-order valence-electron chi connectivity index (χ3n) is 8.58. The Kier molecular flexibility index (Phi) is 8.07. The fraction of sp³-hybridized carbons (Fsp3) is 0.250. The number of nitrogens with zero attached hydrogens (tertiary/aromatic N) is 2. The smallest absolute Gasteiger partial charge is 0.272 e. The first-order valence-electron chi connectivity index (χ1n) is 15.6. The van der Waals surface area contributed by atoms with Crippen LogP contribution >= 0.6 is 11.3 Å². The van der Waals surface area contributed by atoms with Crippen LogP contribution in [0.3, 0.4) is 0 Å². The highest BCUT2D eigenvalue weighted by Gasteiger charge is 2.37. The molecule has 4 heterocycles. The van der Waals surface area contributed by atoms with Gasteiger partial charge in [0.15, 0.2) is 11.5 Å². The summed E-state index contributed by atoms with van der Waals surface area (Å²) in [5.74, 6) is 0.435. The van der Waals surface area contributed by atoms with Crippen LogP contribution in [0.5, 0.6) is 11.5 Å². The number of anilines is 4. The molecule has 2 aliphatic heterocycles. The van der Waals surface area contributed by atoms with Crippen molar-refractivity contribution in [3.63, 3.8) is 0 Å². The normalized spacial score (nSPS) is 14.9. The van der Waals surface area contributed by atoms with Crippen LogP contribution < -0.4 is 30.3 Å². The Balaban J connectivity index is 0.938. The number of carbonyl (C=O) groups excluding carboxylic acids is 3. The summed E-state index contributed by atoms with van der Waals surface area (Å²) < 4.78 is 14.5. The molecule has 5 aromatic rings. The highest BCUT2D eigenvalue weighted by Crippen LogP contribution is 2.40. The maximum atomic E-state index is 13.7. The van der Waals surface area contributed by atoms with E-state index in [1.54, 1.807) is 54.5 Å². The molecule has 2 aliphatic rings. The molecule has 240 valence electrons. The van der Waals surface area contributed by atoms with Crippen LogP contribution in [0.4, 0.5) is 22.7 Å². The summed E-state index contributed by atoms with van der Waals surface area (Å²) in [6.45, 7) is 2.95. The second kappa shape index (κ2) is 12.5. The van der Waals surface area contributed by atoms with Crippen molar-refractivity contribution in [1.82, 2.24) is 4.57 Å². The molecule has 3 N–H and O–H groups in total. The van der Waals surface area contributed by atoms with Crippen LogP contribution in [-0.4, -0.2) is 48.6 Å². The van der Waals surface area contributed by atoms with Gasteiger partial charge in [0.2, 0.25) is 5.91 Å². The second-order valence-corrected chi connectivity index (χ2v) is 13.2. The Morgan fingerprint density at radius 1 is 1.02 bits per heavy atom. The average Bonchev–Trinajstić information content (AvgIpc) is 3.71. The van der Waals surface area contributed by atoms with Crippen LogP contribution in [-0.2, 0) is 18.3 Å². The molecule has 3 aromatic carbocycles. The summed E-state index contributed by atoms with van der Waals surface area (Å²) in [4.78, 5) is 42.5. The van der Waals surface area contributed by atoms with E-state index in [9.17, 15) is 14.4 Å². The summed E-state index contributed by atoms with van der Waals surface area (Å²) in [5.41, 5.74) is 5.03. The summed E-state index contributed by atoms with van der Waals surface area (Å²) in [5, 5.41) is 10.4. The molecule has 0 fully saturated rings. The zero-order valence-corrected chi connectivity index (χ0v) is 27.2. The number of rotatable bonds is 9. The highest BCUT2D eigenvalue weighted by atomic mass is 32.1. The molecule has 2 aromatic heterocycles. The van der Waals surface area contributed by atoms with Gasteiger partial charge >= 0.3 is 0 Å². The molecule has 0 aliphatic carbocycles. The number of aryl methyl sites for hydroxylation is 2. The Morgan fingerprint density at radius 3 is 2.72 bits per heavy atom. The van der Waals surface area contributed by atoms with Crippen LogP contribution in [0, 0.1) is 6.92 Å². The standard InChI is InChI=1S/C36H35N5O5S/c1-21-13-23-14-24(10-11-33(23)47-21)39-35(43)30-16-25(20-40(30)2)38-34(42)9-6-12-46-32-18-28-27(17-31(32)45-3)36(44)41-26(19-37-28)15-22-7-4-5-8-29(22)41/h4-5,7-8,10-11,13-14,16-18,20,26,37H,6,9,12,15,19H2,1-3H3,(H,38,42)(H,39,43)/t26-/m0/s1. The van der Waals surface area contributed by atoms with E-state index in [0.29, 0.717) is 52.8 Å². The van der Waals surface area contributed by atoms with Gasteiger partial charge in [-0.05, 0) is 73.2 Å². The number of ether oxygens (including phenoxy) is 2. The molecule has 11 heteroatoms. The Hall–Kier alpha value is -5.29. The molecule has 47 heavy (non-hydrogen) atoms. The van der Waals surface area contributed by atoms with Gasteiger partial charge in [-0.1, -0.05) is 18.2 Å². The predicted molar refractivity (Wildman–Crippen MR) is 186 cm³/mol. The summed E-state index contributed by atoms with van der Waals surface area (Å²) in [6, 6.07) is 21.2. The number of aromatic nitrogens is 1. The van der Waals surface area contributed by atoms with Crippen molar-refractivity contribution in [2.75, 3.05) is 41.1 Å². The number of nitrogens with one attached hydrogen (secondary N) is 3. The van der Waals surface area contributed by atoms with Crippen LogP contribution in [0.1, 0.15) is 44.1 Å². The SMILES string of the molecule is COc1cc2c(cc1OCCCC(=O)Nc1cc(C(=O)Nc3ccc4sc(C)cc4c3)n(C)c1)NC[C@@H]1Cc3ccccc3N1C2=O. The van der Waals surface area contributed by atoms with Crippen molar-refractivity contribution in [3.8, 4) is 11.5 Å². The van der Waals surface area contributed by atoms with Gasteiger partial charge in [0.1, 0.15) is 5.69 Å². The second-order valence-electron chi connectivity index (χ2n) is 11.9. The lowest BCUT2D eigenvalue weighted by molar-refractivity contribution is -0.116. The minimum atomic E-state index is -0.260. The van der Waals surface area contributed by atoms with Gasteiger partial charge in [-0.15, -0.1) is 11.3 Å². The minimum absolute atomic E-state index is 0.0296. The van der Waals surface area contributed by atoms with E-state index in [4.69, 9.17) is 9.47 Å². The predicted octanol–water partition coefficient (Wildman–Crippen LogP) is 6.60. The number of para-hydroxylation sites is 1. The van der Waals surface area contributed by atoms with Crippen LogP contribution in [0.15, 0.2) is 72.9 Å². The molecule has 0 saturated carbocycles. The number of hydrogen-bond acceptors (Lipinski definition) is 7. The van der Waals surface area contributed by atoms with E-state index in [-0.39, 0.29) is 36.8 Å². The third-order valence-corrected chi connectivity index (χ3v) is 9.61. The maximum absolute atomic E-state index is 13.7. The molecule has 0 bridgehead atoms. The van der Waals surface area contributed by atoms with E-state index in [1.165, 1.54) is 15.1 Å². The number of hydrogen-bond donors (Lipinski definition) is 3. The fourth-order valence-electron chi connectivity index (χ4n) is 6.36. The minimum Gasteiger partial charge on any atom is -0.493 e. The van der Waals surface area contributed by atoms with Crippen molar-refractivity contribution < 1.29 is 23.9 Å². The van der Waals surface area contributed by atoms with E-state index in [0.717, 1.165) is 17.5 Å². The largest absolute Gasteiger partial charge is 0.493 e. The monoisotopic (exact) mass is 649 g/mol. The third kappa shape index (κ3) is 6.01. The lowest BCUT2D eigenvalue weighted by Crippen LogP contribution is -2.39. The molecular formula is C36H35N5O5S. The highest BCUT2D eigenvalue weighted by molar-refractivity contribution is 7.19. The Bertz CT molecular complexity index is 2030. The van der Waals surface area contributed by atoms with Gasteiger partial charge in [0, 0.05) is 53.2 Å². The topological polar surface area (TPSA) is 114 Å². The zero-order valence-electron chi connectivity index (χ0n) is 26.4. The molecule has 3 amide bonds. The van der Waals surface area contributed by atoms with Gasteiger partial charge < -0.3 is 34.9 Å². The van der Waals surface area contributed by atoms with Gasteiger partial charge in [-0.2, -0.15) is 0 Å². The molecule has 0 radical (unpaired) electrons. The first kappa shape index (κ1) is 30.4. The summed E-state index contributed by atoms with van der Waals surface area (Å²) in [6.07, 6.45) is 3.19. The number of benzene rings is 3. The van der Waals surface area contributed by atoms with E-state index < -0.39 is 0 Å². The number of thiophene rings is 1. The van der Waals surface area contributed by atoms with Crippen molar-refractivity contribution in [3.05, 3.63) is 94.6 Å². The van der Waals surface area contributed by atoms with Crippen LogP contribution in [0.25, 0.3) is 10.1 Å². The average molecular weight is 650 g/mol. The van der Waals surface area contributed by atoms with Gasteiger partial charge in [0.25, 0.3) is 11.8 Å². The lowest BCUT2D eigenvalue weighted by Gasteiger charge is -2.22. The Morgan fingerprint density at radius 2 is 1.87 bits per heavy atom. The quantitative estimate of drug-likeness (QED) is 0.155. The van der Waals surface area contributed by atoms with Gasteiger partial charge in [-0.3, -0.25) is 14.4 Å². The van der Waals surface area contributed by atoms with E-state index >= 15 is 0 Å². The first-order valence-corrected chi connectivity index (χ1v) is 16.4. The van der Waals surface area contributed by atoms with Crippen LogP contribution in [0.2, 0.25) is 0 Å². The van der Waals surface area contributed by atoms with Crippen molar-refractivity contribution in [2.45, 2.75) is 32.2 Å². The Labute approximate surface area is 276 Å². The van der Waals surface area contributed by atoms with Crippen molar-refractivity contribution in [2.24, 2.45) is 7.05 Å². The fourth-order valence-corrected chi connectivity index (χ4v) is 7.26. The first-order chi connectivity index (χ1) is 22.8. The molecule has 0 saturated heterocycles. The van der Waals surface area contributed by atoms with Gasteiger partial charge in [0.05, 0.1) is 36.7 Å². The number of methoxy groups -OCH3 is 1. The summed E-state index contributed by atoms with van der Waals surface area (Å²) >= 11 is 1.72. The number of carbonyl (C=O) groups is 3. The molecule has 1 atom stereocenters. The number of fused-ring (bicyclic) bond motifs is 5.